The van der Waals surface area contributed by atoms with E-state index in [2.05, 4.69) is 24.3 Å². The van der Waals surface area contributed by atoms with Crippen molar-refractivity contribution in [1.29, 1.82) is 0 Å². The van der Waals surface area contributed by atoms with Crippen LogP contribution in [0.25, 0.3) is 0 Å². The van der Waals surface area contributed by atoms with Crippen LogP contribution in [-0.2, 0) is 0 Å². The highest BCUT2D eigenvalue weighted by molar-refractivity contribution is 6.76. The Kier molecular flexibility index (Phi) is 5.47. The summed E-state index contributed by atoms with van der Waals surface area (Å²) in [6.07, 6.45) is 28.4. The van der Waals surface area contributed by atoms with E-state index >= 15 is 0 Å². The molecule has 109 valence electrons. The highest BCUT2D eigenvalue weighted by Gasteiger charge is 2.27. The molecule has 0 aromatic carbocycles. The maximum absolute atomic E-state index is 3.62. The molecule has 0 unspecified atom stereocenters. The van der Waals surface area contributed by atoms with Crippen molar-refractivity contribution in [3.8, 4) is 0 Å². The molecule has 0 aromatic heterocycles. The van der Waals surface area contributed by atoms with E-state index in [-0.39, 0.29) is 8.41 Å². The molecule has 0 N–H and O–H groups in total. The first-order valence-corrected chi connectivity index (χ1v) is 10.6. The molecule has 2 fully saturated rings. The Bertz CT molecular complexity index is 350. The molecule has 0 atom stereocenters. The summed E-state index contributed by atoms with van der Waals surface area (Å²) < 4.78 is 0. The van der Waals surface area contributed by atoms with Crippen LogP contribution >= 0.6 is 0 Å². The predicted octanol–water partition coefficient (Wildman–Crippen LogP) is 5.61. The topological polar surface area (TPSA) is 0 Å². The van der Waals surface area contributed by atoms with Crippen LogP contribution in [0.5, 0.6) is 0 Å². The first-order valence-electron chi connectivity index (χ1n) is 8.95. The summed E-state index contributed by atoms with van der Waals surface area (Å²) in [5.74, 6) is 0. The van der Waals surface area contributed by atoms with Crippen molar-refractivity contribution in [3.05, 3.63) is 24.3 Å². The third-order valence-electron chi connectivity index (χ3n) is 5.50. The second kappa shape index (κ2) is 7.54. The summed E-state index contributed by atoms with van der Waals surface area (Å²) in [4.78, 5) is 0. The molecule has 2 saturated carbocycles. The number of hydrogen-bond acceptors (Lipinski definition) is 0. The van der Waals surface area contributed by atoms with Crippen molar-refractivity contribution < 1.29 is 0 Å². The maximum Gasteiger partial charge on any atom is 0.0266 e. The molecule has 0 saturated heterocycles. The zero-order valence-corrected chi connectivity index (χ0v) is 13.9. The Morgan fingerprint density at radius 2 is 1.25 bits per heavy atom. The summed E-state index contributed by atoms with van der Waals surface area (Å²) in [6, 6.07) is 0. The van der Waals surface area contributed by atoms with Crippen LogP contribution in [0, 0.1) is 6.08 Å². The Labute approximate surface area is 126 Å². The van der Waals surface area contributed by atoms with E-state index in [0.717, 1.165) is 11.1 Å². The zero-order chi connectivity index (χ0) is 13.6. The fourth-order valence-corrected chi connectivity index (χ4v) is 8.61. The van der Waals surface area contributed by atoms with Crippen molar-refractivity contribution in [1.82, 2.24) is 0 Å². The van der Waals surface area contributed by atoms with Crippen molar-refractivity contribution in [2.75, 3.05) is 0 Å². The molecule has 1 radical (unpaired) electrons. The fraction of sp³-hybridized carbons (Fsp3) is 0.737. The van der Waals surface area contributed by atoms with E-state index in [1.807, 2.05) is 0 Å². The van der Waals surface area contributed by atoms with E-state index in [9.17, 15) is 0 Å². The number of rotatable bonds is 2. The van der Waals surface area contributed by atoms with Gasteiger partial charge in [-0.25, -0.2) is 0 Å². The molecule has 0 bridgehead atoms. The average Bonchev–Trinajstić information content (AvgIpc) is 2.71. The number of allylic oxidation sites excluding steroid dienone is 4. The van der Waals surface area contributed by atoms with Gasteiger partial charge in [-0.15, -0.1) is 0 Å². The van der Waals surface area contributed by atoms with Gasteiger partial charge in [0.05, 0.1) is 0 Å². The van der Waals surface area contributed by atoms with E-state index in [1.54, 1.807) is 5.17 Å². The third-order valence-corrected chi connectivity index (χ3v) is 9.35. The Morgan fingerprint density at radius 1 is 0.750 bits per heavy atom. The summed E-state index contributed by atoms with van der Waals surface area (Å²) >= 11 is 0. The molecule has 20 heavy (non-hydrogen) atoms. The van der Waals surface area contributed by atoms with E-state index < -0.39 is 0 Å². The average molecular weight is 286 g/mol. The standard InChI is InChI=1S/C19H29Si/c1-2-6-12-17(11-5-1)20(19-15-9-10-16-19)18-13-7-3-4-8-14-18/h9-10,15,17-18H,1-8,11-14H2. The molecule has 3 aliphatic carbocycles. The Morgan fingerprint density at radius 3 is 1.65 bits per heavy atom. The second-order valence-corrected chi connectivity index (χ2v) is 10.00. The van der Waals surface area contributed by atoms with Crippen molar-refractivity contribution in [2.24, 2.45) is 0 Å². The summed E-state index contributed by atoms with van der Waals surface area (Å²) in [7, 11) is -0.382. The highest BCUT2D eigenvalue weighted by Crippen LogP contribution is 2.38. The van der Waals surface area contributed by atoms with Gasteiger partial charge in [0.25, 0.3) is 0 Å². The lowest BCUT2D eigenvalue weighted by molar-refractivity contribution is 0.637. The first-order chi connectivity index (χ1) is 9.95. The molecule has 0 nitrogen and oxygen atoms in total. The molecule has 0 aliphatic heterocycles. The molecular formula is C19H29Si. The van der Waals surface area contributed by atoms with Crippen LogP contribution in [-0.4, -0.2) is 13.6 Å². The third kappa shape index (κ3) is 3.61. The van der Waals surface area contributed by atoms with Crippen molar-refractivity contribution in [3.63, 3.8) is 0 Å². The lowest BCUT2D eigenvalue weighted by atomic mass is 10.2. The fourth-order valence-electron chi connectivity index (χ4n) is 4.46. The highest BCUT2D eigenvalue weighted by atomic mass is 28.2. The molecule has 0 spiro atoms. The molecule has 1 heteroatoms. The van der Waals surface area contributed by atoms with Crippen molar-refractivity contribution in [2.45, 2.75) is 88.1 Å². The van der Waals surface area contributed by atoms with Crippen LogP contribution in [0.4, 0.5) is 0 Å². The van der Waals surface area contributed by atoms with Gasteiger partial charge in [-0.3, -0.25) is 0 Å². The number of hydrogen-bond donors (Lipinski definition) is 0. The normalized spacial score (nSPS) is 25.7. The predicted molar refractivity (Wildman–Crippen MR) is 90.6 cm³/mol. The monoisotopic (exact) mass is 285 g/mol. The Hall–Kier alpha value is -0.433. The molecule has 0 amide bonds. The second-order valence-electron chi connectivity index (χ2n) is 6.92. The van der Waals surface area contributed by atoms with Gasteiger partial charge in [-0.1, -0.05) is 69.6 Å². The Balaban J connectivity index is 1.85. The molecular weight excluding hydrogens is 256 g/mol. The van der Waals surface area contributed by atoms with Gasteiger partial charge >= 0.3 is 0 Å². The maximum atomic E-state index is 3.62. The minimum atomic E-state index is -0.382. The van der Waals surface area contributed by atoms with Crippen molar-refractivity contribution >= 4 is 13.6 Å². The van der Waals surface area contributed by atoms with Crippen LogP contribution in [0.15, 0.2) is 18.2 Å². The van der Waals surface area contributed by atoms with E-state index in [1.165, 1.54) is 77.0 Å². The SMILES string of the molecule is [C]1=CC=CC1=[Si](C1CCCCCC1)C1CCCCCC1. The van der Waals surface area contributed by atoms with E-state index in [4.69, 9.17) is 0 Å². The first kappa shape index (κ1) is 14.5. The van der Waals surface area contributed by atoms with Crippen LogP contribution in [0.2, 0.25) is 11.1 Å². The van der Waals surface area contributed by atoms with Crippen LogP contribution in [0.3, 0.4) is 0 Å². The summed E-state index contributed by atoms with van der Waals surface area (Å²) in [6.45, 7) is 0. The minimum absolute atomic E-state index is 0.382. The summed E-state index contributed by atoms with van der Waals surface area (Å²) in [5, 5.41) is 1.65. The molecule has 0 heterocycles. The van der Waals surface area contributed by atoms with Crippen LogP contribution in [0.1, 0.15) is 77.0 Å². The lowest BCUT2D eigenvalue weighted by Crippen LogP contribution is -2.25. The van der Waals surface area contributed by atoms with Gasteiger partial charge in [-0.2, -0.15) is 0 Å². The van der Waals surface area contributed by atoms with Gasteiger partial charge < -0.3 is 0 Å². The van der Waals surface area contributed by atoms with Gasteiger partial charge in [0.2, 0.25) is 0 Å². The van der Waals surface area contributed by atoms with E-state index in [0.29, 0.717) is 0 Å². The lowest BCUT2D eigenvalue weighted by Gasteiger charge is -2.27. The minimum Gasteiger partial charge on any atom is -0.0614 e. The van der Waals surface area contributed by atoms with Crippen LogP contribution < -0.4 is 0 Å². The van der Waals surface area contributed by atoms with Gasteiger partial charge in [0.1, 0.15) is 0 Å². The molecule has 3 rings (SSSR count). The largest absolute Gasteiger partial charge is 0.0614 e. The summed E-state index contributed by atoms with van der Waals surface area (Å²) in [5.41, 5.74) is 2.09. The van der Waals surface area contributed by atoms with Gasteiger partial charge in [-0.05, 0) is 48.0 Å². The molecule has 0 aromatic rings. The van der Waals surface area contributed by atoms with Gasteiger partial charge in [0.15, 0.2) is 0 Å². The quantitative estimate of drug-likeness (QED) is 0.457. The van der Waals surface area contributed by atoms with Gasteiger partial charge in [0, 0.05) is 8.41 Å². The zero-order valence-electron chi connectivity index (χ0n) is 12.9. The molecule has 3 aliphatic rings. The smallest absolute Gasteiger partial charge is 0.0266 e.